The number of hydrogen-bond donors (Lipinski definition) is 3. The fourth-order valence-corrected chi connectivity index (χ4v) is 8.51. The van der Waals surface area contributed by atoms with Gasteiger partial charge in [-0.25, -0.2) is 4.79 Å². The Morgan fingerprint density at radius 3 is 2.10 bits per heavy atom. The zero-order valence-electron chi connectivity index (χ0n) is 37.0. The van der Waals surface area contributed by atoms with Crippen molar-refractivity contribution in [2.24, 2.45) is 23.7 Å². The summed E-state index contributed by atoms with van der Waals surface area (Å²) in [7, 11) is 6.55. The van der Waals surface area contributed by atoms with Gasteiger partial charge in [0.1, 0.15) is 18.2 Å². The lowest BCUT2D eigenvalue weighted by molar-refractivity contribution is -0.152. The van der Waals surface area contributed by atoms with E-state index in [4.69, 9.17) is 14.2 Å². The Kier molecular flexibility index (Phi) is 19.8. The molecule has 13 heteroatoms. The number of allylic oxidation sites excluding steroid dienone is 1. The molecule has 58 heavy (non-hydrogen) atoms. The summed E-state index contributed by atoms with van der Waals surface area (Å²) in [5, 5.41) is 9.02. The van der Waals surface area contributed by atoms with Crippen molar-refractivity contribution < 1.29 is 38.2 Å². The molecule has 0 saturated carbocycles. The Hall–Kier alpha value is -3.81. The third-order valence-corrected chi connectivity index (χ3v) is 12.1. The van der Waals surface area contributed by atoms with Crippen LogP contribution in [0.5, 0.6) is 0 Å². The van der Waals surface area contributed by atoms with E-state index in [0.29, 0.717) is 13.0 Å². The van der Waals surface area contributed by atoms with Crippen LogP contribution in [0.3, 0.4) is 0 Å². The van der Waals surface area contributed by atoms with Crippen LogP contribution >= 0.6 is 0 Å². The quantitative estimate of drug-likeness (QED) is 0.112. The number of nitrogens with one attached hydrogen (secondary N) is 3. The number of hydrogen-bond acceptors (Lipinski definition) is 9. The number of rotatable bonds is 22. The van der Waals surface area contributed by atoms with Crippen molar-refractivity contribution in [3.05, 3.63) is 48.0 Å². The number of ether oxygens (including phenoxy) is 3. The van der Waals surface area contributed by atoms with Gasteiger partial charge in [0.05, 0.1) is 42.7 Å². The van der Waals surface area contributed by atoms with Crippen LogP contribution < -0.4 is 16.0 Å². The Labute approximate surface area is 347 Å². The molecule has 10 atom stereocenters. The molecule has 1 aliphatic heterocycles. The molecule has 326 valence electrons. The number of benzene rings is 1. The fourth-order valence-electron chi connectivity index (χ4n) is 8.51. The predicted octanol–water partition coefficient (Wildman–Crippen LogP) is 4.67. The highest BCUT2D eigenvalue weighted by atomic mass is 16.5. The lowest BCUT2D eigenvalue weighted by Gasteiger charge is -2.41. The van der Waals surface area contributed by atoms with Crippen molar-refractivity contribution in [3.63, 3.8) is 0 Å². The molecular weight excluding hydrogens is 739 g/mol. The summed E-state index contributed by atoms with van der Waals surface area (Å²) in [6, 6.07) is 6.51. The van der Waals surface area contributed by atoms with Crippen molar-refractivity contribution >= 4 is 29.6 Å². The Morgan fingerprint density at radius 2 is 1.55 bits per heavy atom. The molecule has 0 bridgehead atoms. The van der Waals surface area contributed by atoms with Gasteiger partial charge < -0.3 is 40.0 Å². The molecule has 2 aliphatic rings. The van der Waals surface area contributed by atoms with Crippen LogP contribution in [0.25, 0.3) is 0 Å². The largest absolute Gasteiger partial charge is 0.457 e. The average molecular weight is 812 g/mol. The van der Waals surface area contributed by atoms with Crippen LogP contribution in [0, 0.1) is 23.7 Å². The Bertz CT molecular complexity index is 1500. The highest BCUT2D eigenvalue weighted by molar-refractivity contribution is 5.90. The summed E-state index contributed by atoms with van der Waals surface area (Å²) >= 11 is 0. The summed E-state index contributed by atoms with van der Waals surface area (Å²) in [5.74, 6) is -2.41. The molecule has 0 unspecified atom stereocenters. The van der Waals surface area contributed by atoms with Gasteiger partial charge in [-0.2, -0.15) is 0 Å². The van der Waals surface area contributed by atoms with Gasteiger partial charge >= 0.3 is 5.97 Å². The summed E-state index contributed by atoms with van der Waals surface area (Å²) in [5.41, 5.74) is 0.890. The number of likely N-dealkylation sites (N-methyl/N-ethyl adjacent to an activating group) is 2. The summed E-state index contributed by atoms with van der Waals surface area (Å²) < 4.78 is 17.9. The van der Waals surface area contributed by atoms with Gasteiger partial charge in [-0.15, -0.1) is 0 Å². The maximum absolute atomic E-state index is 14.3. The van der Waals surface area contributed by atoms with E-state index < -0.39 is 54.3 Å². The molecule has 0 aromatic heterocycles. The Morgan fingerprint density at radius 1 is 0.879 bits per heavy atom. The molecule has 13 nitrogen and oxygen atoms in total. The van der Waals surface area contributed by atoms with Crippen molar-refractivity contribution in [3.8, 4) is 0 Å². The van der Waals surface area contributed by atoms with Crippen LogP contribution in [0.1, 0.15) is 99.0 Å². The molecule has 1 aromatic rings. The van der Waals surface area contributed by atoms with E-state index in [-0.39, 0.29) is 60.3 Å². The first-order valence-electron chi connectivity index (χ1n) is 21.4. The summed E-state index contributed by atoms with van der Waals surface area (Å²) in [4.78, 5) is 72.7. The van der Waals surface area contributed by atoms with E-state index in [2.05, 4.69) is 16.0 Å². The number of methoxy groups -OCH3 is 2. The van der Waals surface area contributed by atoms with Gasteiger partial charge in [0.2, 0.25) is 23.6 Å². The van der Waals surface area contributed by atoms with Crippen LogP contribution in [0.2, 0.25) is 0 Å². The second-order valence-corrected chi connectivity index (χ2v) is 16.9. The number of likely N-dealkylation sites (tertiary alicyclic amines) is 1. The van der Waals surface area contributed by atoms with E-state index in [1.54, 1.807) is 45.0 Å². The molecule has 1 saturated heterocycles. The fraction of sp³-hybridized carbons (Fsp3) is 0.711. The zero-order chi connectivity index (χ0) is 43.1. The zero-order valence-corrected chi connectivity index (χ0v) is 37.0. The van der Waals surface area contributed by atoms with Crippen molar-refractivity contribution in [2.75, 3.05) is 34.9 Å². The molecule has 1 fully saturated rings. The maximum atomic E-state index is 14.3. The third-order valence-electron chi connectivity index (χ3n) is 12.1. The molecule has 1 aromatic carbocycles. The van der Waals surface area contributed by atoms with Crippen molar-refractivity contribution in [1.82, 2.24) is 25.8 Å². The molecular formula is C45H73N5O8. The van der Waals surface area contributed by atoms with Crippen LogP contribution in [-0.2, 0) is 44.6 Å². The Balaban J connectivity index is 1.79. The molecule has 1 heterocycles. The minimum absolute atomic E-state index is 0.00508. The topological polar surface area (TPSA) is 156 Å². The minimum Gasteiger partial charge on any atom is -0.457 e. The van der Waals surface area contributed by atoms with Crippen molar-refractivity contribution in [1.29, 1.82) is 0 Å². The molecule has 3 rings (SSSR count). The molecule has 3 N–H and O–H groups in total. The van der Waals surface area contributed by atoms with Crippen LogP contribution in [0.4, 0.5) is 0 Å². The SMILES string of the molecule is CC[C@H](C)[C@@H]([C@@H](CC(=O)N1CCC[C@H]1[C@H](OC)[C@@H](C)C(=O)N[C@@H](Cc1ccccc1)C(=O)O[C@@H]1C=CCCC1)OC)N(C)C(=O)[C@@H](NC(=O)[C@@H](NC)C(C)C)C(C)C. The lowest BCUT2D eigenvalue weighted by atomic mass is 9.89. The van der Waals surface area contributed by atoms with Gasteiger partial charge in [0.25, 0.3) is 0 Å². The molecule has 0 spiro atoms. The maximum Gasteiger partial charge on any atom is 0.329 e. The van der Waals surface area contributed by atoms with Crippen LogP contribution in [0.15, 0.2) is 42.5 Å². The predicted molar refractivity (Wildman–Crippen MR) is 226 cm³/mol. The number of nitrogens with zero attached hydrogens (tertiary/aromatic N) is 2. The first kappa shape index (κ1) is 48.6. The first-order chi connectivity index (χ1) is 27.6. The summed E-state index contributed by atoms with van der Waals surface area (Å²) in [6.07, 6.45) is 7.28. The number of amides is 4. The van der Waals surface area contributed by atoms with E-state index >= 15 is 0 Å². The monoisotopic (exact) mass is 812 g/mol. The highest BCUT2D eigenvalue weighted by Crippen LogP contribution is 2.30. The van der Waals surface area contributed by atoms with Crippen molar-refractivity contribution in [2.45, 2.75) is 148 Å². The molecule has 0 radical (unpaired) electrons. The highest BCUT2D eigenvalue weighted by Gasteiger charge is 2.43. The van der Waals surface area contributed by atoms with E-state index in [0.717, 1.165) is 37.7 Å². The smallest absolute Gasteiger partial charge is 0.329 e. The second-order valence-electron chi connectivity index (χ2n) is 16.9. The van der Waals surface area contributed by atoms with Gasteiger partial charge in [0.15, 0.2) is 0 Å². The summed E-state index contributed by atoms with van der Waals surface area (Å²) in [6.45, 7) is 14.0. The molecule has 4 amide bonds. The third kappa shape index (κ3) is 13.1. The number of carbonyl (C=O) groups excluding carboxylic acids is 5. The van der Waals surface area contributed by atoms with Gasteiger partial charge in [-0.3, -0.25) is 19.2 Å². The standard InChI is InChI=1S/C45H73N5O8/c1-12-30(6)40(49(9)44(54)39(29(4)5)48-43(53)38(46-8)28(2)3)36(56-10)27-37(51)50-25-19-24-35(50)41(57-11)31(7)42(52)47-34(26-32-20-15-13-16-21-32)45(55)58-33-22-17-14-18-23-33/h13,15-17,20-22,28-31,33-36,38-41,46H,12,14,18-19,23-27H2,1-11H3,(H,47,52)(H,48,53)/t30-,31+,33+,34-,35-,36+,38-,39-,40-,41+/m0/s1. The van der Waals surface area contributed by atoms with Crippen LogP contribution in [-0.4, -0.2) is 123 Å². The molecule has 1 aliphatic carbocycles. The second kappa shape index (κ2) is 23.7. The van der Waals surface area contributed by atoms with Gasteiger partial charge in [0, 0.05) is 34.2 Å². The normalized spacial score (nSPS) is 21.0. The first-order valence-corrected chi connectivity index (χ1v) is 21.4. The van der Waals surface area contributed by atoms with Gasteiger partial charge in [-0.05, 0) is 68.5 Å². The van der Waals surface area contributed by atoms with Gasteiger partial charge in [-0.1, -0.05) is 91.3 Å². The van der Waals surface area contributed by atoms with E-state index in [1.807, 2.05) is 84.0 Å². The number of carbonyl (C=O) groups is 5. The lowest BCUT2D eigenvalue weighted by Crippen LogP contribution is -2.59. The van der Waals surface area contributed by atoms with E-state index in [1.165, 1.54) is 0 Å². The average Bonchev–Trinajstić information content (AvgIpc) is 3.69. The number of esters is 1. The minimum atomic E-state index is -0.908. The van der Waals surface area contributed by atoms with E-state index in [9.17, 15) is 24.0 Å².